The fourth-order valence-corrected chi connectivity index (χ4v) is 2.92. The van der Waals surface area contributed by atoms with E-state index in [0.29, 0.717) is 23.1 Å². The van der Waals surface area contributed by atoms with Crippen molar-refractivity contribution in [2.45, 2.75) is 13.3 Å². The zero-order valence-electron chi connectivity index (χ0n) is 15.7. The maximum atomic E-state index is 13.0. The largest absolute Gasteiger partial charge is 0.470 e. The molecule has 0 unspecified atom stereocenters. The van der Waals surface area contributed by atoms with Gasteiger partial charge in [-0.15, -0.1) is 0 Å². The lowest BCUT2D eigenvalue weighted by Crippen LogP contribution is -2.15. The molecule has 0 aliphatic carbocycles. The molecule has 30 heavy (non-hydrogen) atoms. The molecular weight excluding hydrogens is 409 g/mol. The quantitative estimate of drug-likeness (QED) is 0.481. The third-order valence-electron chi connectivity index (χ3n) is 4.20. The zero-order chi connectivity index (χ0) is 20.9. The summed E-state index contributed by atoms with van der Waals surface area (Å²) in [7, 11) is 0. The molecule has 0 aliphatic heterocycles. The van der Waals surface area contributed by atoms with Gasteiger partial charge in [-0.25, -0.2) is 9.07 Å². The van der Waals surface area contributed by atoms with Crippen LogP contribution < -0.4 is 10.1 Å². The van der Waals surface area contributed by atoms with Crippen LogP contribution in [0.4, 0.5) is 10.2 Å². The zero-order valence-corrected chi connectivity index (χ0v) is 16.5. The maximum absolute atomic E-state index is 13.0. The van der Waals surface area contributed by atoms with Crippen molar-refractivity contribution in [1.82, 2.24) is 19.6 Å². The monoisotopic (exact) mass is 425 g/mol. The lowest BCUT2D eigenvalue weighted by molar-refractivity contribution is 0.101. The molecule has 0 spiro atoms. The Bertz CT molecular complexity index is 1160. The summed E-state index contributed by atoms with van der Waals surface area (Å²) in [6.45, 7) is 0.577. The van der Waals surface area contributed by atoms with Gasteiger partial charge < -0.3 is 10.1 Å². The van der Waals surface area contributed by atoms with Crippen LogP contribution in [0.2, 0.25) is 5.02 Å². The van der Waals surface area contributed by atoms with Crippen molar-refractivity contribution in [3.05, 3.63) is 95.2 Å². The van der Waals surface area contributed by atoms with Crippen LogP contribution in [0.3, 0.4) is 0 Å². The molecule has 4 aromatic rings. The number of nitrogens with zero attached hydrogens (tertiary/aromatic N) is 4. The van der Waals surface area contributed by atoms with E-state index in [1.165, 1.54) is 16.8 Å². The first-order valence-corrected chi connectivity index (χ1v) is 9.45. The van der Waals surface area contributed by atoms with E-state index in [1.54, 1.807) is 53.5 Å². The SMILES string of the molecule is O=C(Nc1ccn(Cc2ccc(F)cc2)n1)c1ccn(COc2ccccc2Cl)n1. The number of nitrogens with one attached hydrogen (secondary N) is 1. The highest BCUT2D eigenvalue weighted by Crippen LogP contribution is 2.23. The van der Waals surface area contributed by atoms with Crippen LogP contribution in [0.5, 0.6) is 5.75 Å². The average molecular weight is 426 g/mol. The molecular formula is C21H17ClFN5O2. The van der Waals surface area contributed by atoms with Crippen LogP contribution in [0.25, 0.3) is 0 Å². The Balaban J connectivity index is 1.34. The number of hydrogen-bond donors (Lipinski definition) is 1. The number of hydrogen-bond acceptors (Lipinski definition) is 4. The number of carbonyl (C=O) groups excluding carboxylic acids is 1. The number of aromatic nitrogens is 4. The predicted octanol–water partition coefficient (Wildman–Crippen LogP) is 4.21. The Morgan fingerprint density at radius 2 is 1.77 bits per heavy atom. The van der Waals surface area contributed by atoms with E-state index < -0.39 is 5.91 Å². The number of para-hydroxylation sites is 1. The van der Waals surface area contributed by atoms with E-state index >= 15 is 0 Å². The first-order chi connectivity index (χ1) is 14.6. The Morgan fingerprint density at radius 1 is 1.00 bits per heavy atom. The second kappa shape index (κ2) is 8.79. The molecule has 152 valence electrons. The number of benzene rings is 2. The van der Waals surface area contributed by atoms with Crippen LogP contribution in [-0.2, 0) is 13.3 Å². The van der Waals surface area contributed by atoms with E-state index in [2.05, 4.69) is 15.5 Å². The molecule has 1 amide bonds. The van der Waals surface area contributed by atoms with Gasteiger partial charge in [0, 0.05) is 18.5 Å². The number of carbonyl (C=O) groups is 1. The number of ether oxygens (including phenoxy) is 1. The lowest BCUT2D eigenvalue weighted by Gasteiger charge is -2.07. The second-order valence-electron chi connectivity index (χ2n) is 6.42. The van der Waals surface area contributed by atoms with Gasteiger partial charge in [-0.1, -0.05) is 35.9 Å². The highest BCUT2D eigenvalue weighted by atomic mass is 35.5. The Kier molecular flexibility index (Phi) is 5.76. The Hall–Kier alpha value is -3.65. The van der Waals surface area contributed by atoms with Gasteiger partial charge >= 0.3 is 0 Å². The van der Waals surface area contributed by atoms with Gasteiger partial charge in [-0.05, 0) is 35.9 Å². The number of anilines is 1. The molecule has 0 bridgehead atoms. The van der Waals surface area contributed by atoms with Crippen molar-refractivity contribution < 1.29 is 13.9 Å². The summed E-state index contributed by atoms with van der Waals surface area (Å²) < 4.78 is 21.7. The first-order valence-electron chi connectivity index (χ1n) is 9.07. The fourth-order valence-electron chi connectivity index (χ4n) is 2.73. The summed E-state index contributed by atoms with van der Waals surface area (Å²) in [4.78, 5) is 12.4. The summed E-state index contributed by atoms with van der Waals surface area (Å²) in [6, 6.07) is 16.5. The van der Waals surface area contributed by atoms with Crippen LogP contribution in [0.15, 0.2) is 73.1 Å². The molecule has 2 aromatic heterocycles. The van der Waals surface area contributed by atoms with Crippen molar-refractivity contribution >= 4 is 23.3 Å². The third-order valence-corrected chi connectivity index (χ3v) is 4.51. The van der Waals surface area contributed by atoms with E-state index in [4.69, 9.17) is 16.3 Å². The van der Waals surface area contributed by atoms with Crippen molar-refractivity contribution in [3.8, 4) is 5.75 Å². The topological polar surface area (TPSA) is 74.0 Å². The normalized spacial score (nSPS) is 10.7. The van der Waals surface area contributed by atoms with Crippen LogP contribution in [0, 0.1) is 5.82 Å². The second-order valence-corrected chi connectivity index (χ2v) is 6.83. The van der Waals surface area contributed by atoms with Crippen LogP contribution in [-0.4, -0.2) is 25.5 Å². The Labute approximate surface area is 176 Å². The molecule has 2 heterocycles. The van der Waals surface area contributed by atoms with E-state index in [1.807, 2.05) is 12.1 Å². The molecule has 2 aromatic carbocycles. The van der Waals surface area contributed by atoms with E-state index in [9.17, 15) is 9.18 Å². The predicted molar refractivity (Wildman–Crippen MR) is 110 cm³/mol. The van der Waals surface area contributed by atoms with Crippen molar-refractivity contribution in [1.29, 1.82) is 0 Å². The number of halogens is 2. The molecule has 0 saturated heterocycles. The van der Waals surface area contributed by atoms with Crippen molar-refractivity contribution in [2.24, 2.45) is 0 Å². The minimum Gasteiger partial charge on any atom is -0.470 e. The Morgan fingerprint density at radius 3 is 2.57 bits per heavy atom. The van der Waals surface area contributed by atoms with Crippen molar-refractivity contribution in [2.75, 3.05) is 5.32 Å². The molecule has 7 nitrogen and oxygen atoms in total. The standard InChI is InChI=1S/C21H17ClFN5O2/c22-17-3-1-2-4-19(17)30-14-28-11-9-18(25-28)21(29)24-20-10-12-27(26-20)13-15-5-7-16(23)8-6-15/h1-12H,13-14H2,(H,24,26,29). The summed E-state index contributed by atoms with van der Waals surface area (Å²) in [5.74, 6) is 0.249. The van der Waals surface area contributed by atoms with Gasteiger partial charge in [0.1, 0.15) is 11.6 Å². The molecule has 4 rings (SSSR count). The van der Waals surface area contributed by atoms with Gasteiger partial charge in [-0.3, -0.25) is 9.48 Å². The maximum Gasteiger partial charge on any atom is 0.277 e. The average Bonchev–Trinajstić information content (AvgIpc) is 3.39. The smallest absolute Gasteiger partial charge is 0.277 e. The number of amides is 1. The lowest BCUT2D eigenvalue weighted by atomic mass is 10.2. The number of rotatable bonds is 7. The van der Waals surface area contributed by atoms with Crippen molar-refractivity contribution in [3.63, 3.8) is 0 Å². The fraction of sp³-hybridized carbons (Fsp3) is 0.0952. The van der Waals surface area contributed by atoms with Crippen LogP contribution in [0.1, 0.15) is 16.1 Å². The van der Waals surface area contributed by atoms with E-state index in [0.717, 1.165) is 5.56 Å². The molecule has 0 radical (unpaired) electrons. The summed E-state index contributed by atoms with van der Waals surface area (Å²) >= 11 is 6.05. The van der Waals surface area contributed by atoms with Gasteiger partial charge in [0.05, 0.1) is 11.6 Å². The highest BCUT2D eigenvalue weighted by Gasteiger charge is 2.12. The third kappa shape index (κ3) is 4.84. The minimum atomic E-state index is -0.390. The molecule has 0 aliphatic rings. The molecule has 0 saturated carbocycles. The van der Waals surface area contributed by atoms with Gasteiger partial charge in [0.2, 0.25) is 0 Å². The van der Waals surface area contributed by atoms with Crippen LogP contribution >= 0.6 is 11.6 Å². The highest BCUT2D eigenvalue weighted by molar-refractivity contribution is 6.32. The molecule has 0 fully saturated rings. The molecule has 9 heteroatoms. The summed E-state index contributed by atoms with van der Waals surface area (Å²) in [5, 5.41) is 11.7. The van der Waals surface area contributed by atoms with Gasteiger partial charge in [0.25, 0.3) is 5.91 Å². The summed E-state index contributed by atoms with van der Waals surface area (Å²) in [5.41, 5.74) is 1.13. The summed E-state index contributed by atoms with van der Waals surface area (Å²) in [6.07, 6.45) is 3.37. The van der Waals surface area contributed by atoms with E-state index in [-0.39, 0.29) is 18.2 Å². The molecule has 0 atom stereocenters. The first kappa shape index (κ1) is 19.7. The van der Waals surface area contributed by atoms with Gasteiger partial charge in [0.15, 0.2) is 18.2 Å². The van der Waals surface area contributed by atoms with Gasteiger partial charge in [-0.2, -0.15) is 10.2 Å². The minimum absolute atomic E-state index is 0.114. The molecule has 1 N–H and O–H groups in total.